The number of hydrogen-bond donors (Lipinski definition) is 3. The van der Waals surface area contributed by atoms with Crippen LogP contribution in [0, 0.1) is 0 Å². The summed E-state index contributed by atoms with van der Waals surface area (Å²) in [5, 5.41) is 0. The first-order chi connectivity index (χ1) is 8.52. The van der Waals surface area contributed by atoms with Crippen LogP contribution in [0.3, 0.4) is 0 Å². The first kappa shape index (κ1) is 18.5. The zero-order valence-electron chi connectivity index (χ0n) is 11.2. The summed E-state index contributed by atoms with van der Waals surface area (Å²) in [6.07, 6.45) is 6.60. The molecule has 0 aliphatic heterocycles. The van der Waals surface area contributed by atoms with Crippen molar-refractivity contribution in [1.29, 1.82) is 0 Å². The Balaban J connectivity index is 4.44. The summed E-state index contributed by atoms with van der Waals surface area (Å²) in [4.78, 5) is 26.0. The van der Waals surface area contributed by atoms with E-state index in [1.165, 1.54) is 11.6 Å². The predicted octanol–water partition coefficient (Wildman–Crippen LogP) is 3.49. The molecule has 0 aliphatic rings. The summed E-state index contributed by atoms with van der Waals surface area (Å²) in [5.74, 6) is 0.747. The summed E-state index contributed by atoms with van der Waals surface area (Å²) in [6, 6.07) is 0. The van der Waals surface area contributed by atoms with Gasteiger partial charge in [0.05, 0.1) is 0 Å². The smallest absolute Gasteiger partial charge is 0.321 e. The molecule has 8 heteroatoms. The van der Waals surface area contributed by atoms with Gasteiger partial charge in [0.25, 0.3) is 0 Å². The van der Waals surface area contributed by atoms with Gasteiger partial charge in [-0.25, -0.2) is 8.88 Å². The molecule has 0 radical (unpaired) electrons. The Morgan fingerprint density at radius 1 is 1.16 bits per heavy atom. The quantitative estimate of drug-likeness (QED) is 0.378. The number of phosphoric acid groups is 1. The van der Waals surface area contributed by atoms with Gasteiger partial charge in [0.1, 0.15) is 0 Å². The van der Waals surface area contributed by atoms with Crippen LogP contribution in [0.5, 0.6) is 0 Å². The molecule has 0 aromatic heterocycles. The van der Waals surface area contributed by atoms with Crippen molar-refractivity contribution >= 4 is 15.4 Å². The van der Waals surface area contributed by atoms with Crippen molar-refractivity contribution in [2.24, 2.45) is 0 Å². The molecule has 110 valence electrons. The molecule has 6 nitrogen and oxygen atoms in total. The van der Waals surface area contributed by atoms with E-state index >= 15 is 0 Å². The number of allylic oxidation sites excluding steroid dienone is 5. The van der Waals surface area contributed by atoms with Crippen molar-refractivity contribution in [3.63, 3.8) is 0 Å². The fourth-order valence-electron chi connectivity index (χ4n) is 1.17. The molecule has 0 fully saturated rings. The normalized spacial score (nSPS) is 16.4. The Hall–Kier alpha value is -0.480. The standard InChI is InChI=1S/C11H20O6P2/c1-10(2)6-4-7-11(3)8-5-9-18(12,13)17-19(14,15)16/h5-6,8-9H,4,7H2,1-3H3,(H,12,13)(H2,14,15,16)/b9-5+,11-8+. The monoisotopic (exact) mass is 310 g/mol. The van der Waals surface area contributed by atoms with Gasteiger partial charge < -0.3 is 14.7 Å². The van der Waals surface area contributed by atoms with Gasteiger partial charge >= 0.3 is 15.4 Å². The van der Waals surface area contributed by atoms with E-state index in [-0.39, 0.29) is 0 Å². The van der Waals surface area contributed by atoms with Gasteiger partial charge in [0, 0.05) is 5.82 Å². The second kappa shape index (κ2) is 7.95. The Labute approximate surface area is 113 Å². The van der Waals surface area contributed by atoms with Crippen LogP contribution >= 0.6 is 15.4 Å². The van der Waals surface area contributed by atoms with Crippen molar-refractivity contribution in [1.82, 2.24) is 0 Å². The summed E-state index contributed by atoms with van der Waals surface area (Å²) in [7, 11) is -9.38. The molecule has 3 N–H and O–H groups in total. The van der Waals surface area contributed by atoms with Gasteiger partial charge in [-0.15, -0.1) is 0 Å². The van der Waals surface area contributed by atoms with Gasteiger partial charge in [-0.05, 0) is 33.6 Å². The maximum Gasteiger partial charge on any atom is 0.477 e. The lowest BCUT2D eigenvalue weighted by atomic mass is 10.1. The van der Waals surface area contributed by atoms with Crippen LogP contribution in [-0.2, 0) is 13.4 Å². The third-order valence-corrected chi connectivity index (χ3v) is 4.31. The fourth-order valence-corrected chi connectivity index (χ4v) is 2.91. The first-order valence-electron chi connectivity index (χ1n) is 5.59. The van der Waals surface area contributed by atoms with E-state index in [9.17, 15) is 9.13 Å². The molecular formula is C11H20O6P2. The summed E-state index contributed by atoms with van der Waals surface area (Å²) in [6.45, 7) is 5.86. The van der Waals surface area contributed by atoms with Crippen LogP contribution < -0.4 is 0 Å². The molecule has 0 saturated heterocycles. The van der Waals surface area contributed by atoms with E-state index in [4.69, 9.17) is 14.7 Å². The molecule has 0 rings (SSSR count). The zero-order chi connectivity index (χ0) is 15.1. The molecule has 0 amide bonds. The van der Waals surface area contributed by atoms with E-state index < -0.39 is 15.4 Å². The minimum atomic E-state index is -4.97. The first-order valence-corrected chi connectivity index (χ1v) is 8.77. The van der Waals surface area contributed by atoms with Gasteiger partial charge in [-0.3, -0.25) is 4.57 Å². The topological polar surface area (TPSA) is 104 Å². The fraction of sp³-hybridized carbons (Fsp3) is 0.455. The highest BCUT2D eigenvalue weighted by Gasteiger charge is 2.27. The average molecular weight is 310 g/mol. The SMILES string of the molecule is CC(C)=CCC/C(C)=C/C=C/P(=O)(O)OP(=O)(O)O. The van der Waals surface area contributed by atoms with Crippen molar-refractivity contribution in [2.45, 2.75) is 33.6 Å². The van der Waals surface area contributed by atoms with E-state index in [1.807, 2.05) is 20.8 Å². The largest absolute Gasteiger partial charge is 0.477 e. The maximum absolute atomic E-state index is 11.2. The predicted molar refractivity (Wildman–Crippen MR) is 74.5 cm³/mol. The lowest BCUT2D eigenvalue weighted by molar-refractivity contribution is 0.267. The van der Waals surface area contributed by atoms with E-state index in [2.05, 4.69) is 10.4 Å². The van der Waals surface area contributed by atoms with Crippen LogP contribution in [0.4, 0.5) is 0 Å². The number of rotatable bonds is 7. The van der Waals surface area contributed by atoms with Crippen molar-refractivity contribution < 1.29 is 28.1 Å². The summed E-state index contributed by atoms with van der Waals surface area (Å²) >= 11 is 0. The third-order valence-electron chi connectivity index (χ3n) is 1.97. The molecule has 0 saturated carbocycles. The minimum absolute atomic E-state index is 0.747. The van der Waals surface area contributed by atoms with Crippen molar-refractivity contribution in [3.05, 3.63) is 35.2 Å². The molecular weight excluding hydrogens is 290 g/mol. The third kappa shape index (κ3) is 12.3. The molecule has 0 aromatic rings. The molecule has 19 heavy (non-hydrogen) atoms. The molecule has 0 bridgehead atoms. The van der Waals surface area contributed by atoms with Gasteiger partial charge in [0.2, 0.25) is 0 Å². The minimum Gasteiger partial charge on any atom is -0.321 e. The highest BCUT2D eigenvalue weighted by atomic mass is 31.3. The highest BCUT2D eigenvalue weighted by Crippen LogP contribution is 2.57. The van der Waals surface area contributed by atoms with Crippen LogP contribution in [0.25, 0.3) is 0 Å². The van der Waals surface area contributed by atoms with E-state index in [0.717, 1.165) is 24.2 Å². The van der Waals surface area contributed by atoms with Crippen LogP contribution in [0.15, 0.2) is 35.2 Å². The molecule has 1 atom stereocenters. The van der Waals surface area contributed by atoms with Gasteiger partial charge in [-0.2, -0.15) is 0 Å². The summed E-state index contributed by atoms with van der Waals surface area (Å²) in [5.41, 5.74) is 2.20. The van der Waals surface area contributed by atoms with Crippen LogP contribution in [0.2, 0.25) is 0 Å². The lowest BCUT2D eigenvalue weighted by Crippen LogP contribution is -1.84. The second-order valence-electron chi connectivity index (χ2n) is 4.31. The van der Waals surface area contributed by atoms with Gasteiger partial charge in [-0.1, -0.05) is 29.4 Å². The highest BCUT2D eigenvalue weighted by molar-refractivity contribution is 7.65. The maximum atomic E-state index is 11.2. The second-order valence-corrected chi connectivity index (χ2v) is 7.37. The number of hydrogen-bond acceptors (Lipinski definition) is 3. The van der Waals surface area contributed by atoms with E-state index in [0.29, 0.717) is 0 Å². The zero-order valence-corrected chi connectivity index (χ0v) is 13.0. The van der Waals surface area contributed by atoms with Crippen molar-refractivity contribution in [2.75, 3.05) is 0 Å². The van der Waals surface area contributed by atoms with Crippen molar-refractivity contribution in [3.8, 4) is 0 Å². The molecule has 0 heterocycles. The average Bonchev–Trinajstić information content (AvgIpc) is 2.12. The molecule has 1 unspecified atom stereocenters. The van der Waals surface area contributed by atoms with E-state index in [1.54, 1.807) is 6.08 Å². The molecule has 0 aromatic carbocycles. The Bertz CT molecular complexity index is 468. The van der Waals surface area contributed by atoms with Gasteiger partial charge in [0.15, 0.2) is 0 Å². The van der Waals surface area contributed by atoms with Crippen LogP contribution in [0.1, 0.15) is 33.6 Å². The summed E-state index contributed by atoms with van der Waals surface area (Å²) < 4.78 is 25.4. The lowest BCUT2D eigenvalue weighted by Gasteiger charge is -2.07. The van der Waals surface area contributed by atoms with Crippen LogP contribution in [-0.4, -0.2) is 14.7 Å². The Kier molecular flexibility index (Phi) is 7.75. The Morgan fingerprint density at radius 2 is 1.74 bits per heavy atom. The molecule has 0 aliphatic carbocycles. The Morgan fingerprint density at radius 3 is 2.21 bits per heavy atom. The molecule has 0 spiro atoms.